The van der Waals surface area contributed by atoms with Gasteiger partial charge in [-0.05, 0) is 61.8 Å². The van der Waals surface area contributed by atoms with Crippen LogP contribution in [-0.2, 0) is 34.1 Å². The van der Waals surface area contributed by atoms with Crippen molar-refractivity contribution in [2.24, 2.45) is 11.7 Å². The van der Waals surface area contributed by atoms with Gasteiger partial charge in [-0.15, -0.1) is 0 Å². The molecular weight excluding hydrogens is 486 g/mol. The zero-order chi connectivity index (χ0) is 25.7. The molecule has 0 saturated carbocycles. The fraction of sp³-hybridized carbons (Fsp3) is 0.346. The summed E-state index contributed by atoms with van der Waals surface area (Å²) in [7, 11) is -2.29. The average molecular weight is 516 g/mol. The molecule has 0 radical (unpaired) electrons. The fourth-order valence-corrected chi connectivity index (χ4v) is 6.03. The van der Waals surface area contributed by atoms with Gasteiger partial charge in [0.15, 0.2) is 0 Å². The highest BCUT2D eigenvalue weighted by molar-refractivity contribution is 7.95. The molecule has 3 aromatic rings. The number of aliphatic hydroxyl groups is 1. The molecule has 1 amide bonds. The van der Waals surface area contributed by atoms with Crippen LogP contribution in [-0.4, -0.2) is 37.1 Å². The Bertz CT molecular complexity index is 1440. The zero-order valence-corrected chi connectivity index (χ0v) is 21.6. The van der Waals surface area contributed by atoms with Crippen LogP contribution in [0.5, 0.6) is 0 Å². The van der Waals surface area contributed by atoms with Crippen LogP contribution in [0.2, 0.25) is 5.02 Å². The van der Waals surface area contributed by atoms with E-state index in [2.05, 4.69) is 11.6 Å². The number of sulfonamides is 1. The van der Waals surface area contributed by atoms with Gasteiger partial charge in [0.2, 0.25) is 5.91 Å². The molecule has 1 unspecified atom stereocenters. The van der Waals surface area contributed by atoms with E-state index in [-0.39, 0.29) is 12.3 Å². The van der Waals surface area contributed by atoms with Crippen molar-refractivity contribution in [3.63, 3.8) is 0 Å². The molecule has 1 aromatic heterocycles. The maximum Gasteiger partial charge on any atom is 0.256 e. The number of aryl methyl sites for hydroxylation is 1. The first-order valence-electron chi connectivity index (χ1n) is 11.4. The summed E-state index contributed by atoms with van der Waals surface area (Å²) in [6.07, 6.45) is 2.33. The maximum atomic E-state index is 12.4. The number of H-pyrrole nitrogens is 1. The number of aromatic amines is 1. The van der Waals surface area contributed by atoms with E-state index < -0.39 is 21.5 Å². The number of halogens is 1. The molecule has 0 bridgehead atoms. The van der Waals surface area contributed by atoms with Crippen molar-refractivity contribution < 1.29 is 18.3 Å². The molecule has 4 rings (SSSR count). The van der Waals surface area contributed by atoms with Gasteiger partial charge in [-0.1, -0.05) is 42.4 Å². The van der Waals surface area contributed by atoms with E-state index in [0.29, 0.717) is 22.7 Å². The van der Waals surface area contributed by atoms with Gasteiger partial charge in [0, 0.05) is 29.1 Å². The summed E-state index contributed by atoms with van der Waals surface area (Å²) in [5.41, 5.74) is 10.3. The largest absolute Gasteiger partial charge is 0.390 e. The van der Waals surface area contributed by atoms with Gasteiger partial charge < -0.3 is 15.8 Å². The van der Waals surface area contributed by atoms with E-state index in [1.54, 1.807) is 12.1 Å². The van der Waals surface area contributed by atoms with Crippen molar-refractivity contribution >= 4 is 44.1 Å². The molecular formula is C26H30ClN3O4S. The zero-order valence-electron chi connectivity index (χ0n) is 20.1. The average Bonchev–Trinajstić information content (AvgIpc) is 3.18. The Kier molecular flexibility index (Phi) is 6.51. The molecule has 186 valence electrons. The third-order valence-electron chi connectivity index (χ3n) is 6.99. The van der Waals surface area contributed by atoms with Crippen molar-refractivity contribution in [2.75, 3.05) is 11.4 Å². The van der Waals surface area contributed by atoms with Crippen LogP contribution >= 0.6 is 11.6 Å². The highest BCUT2D eigenvalue weighted by atomic mass is 35.5. The molecule has 7 nitrogen and oxygen atoms in total. The molecule has 9 heteroatoms. The van der Waals surface area contributed by atoms with Crippen molar-refractivity contribution in [1.29, 1.82) is 0 Å². The normalized spacial score (nSPS) is 16.2. The number of hydrogen-bond acceptors (Lipinski definition) is 4. The summed E-state index contributed by atoms with van der Waals surface area (Å²) in [4.78, 5) is 15.3. The Hall–Kier alpha value is -2.81. The van der Waals surface area contributed by atoms with E-state index in [4.69, 9.17) is 17.3 Å². The smallest absolute Gasteiger partial charge is 0.256 e. The number of nitrogens with zero attached hydrogens (tertiary/aromatic N) is 1. The van der Waals surface area contributed by atoms with Crippen LogP contribution in [0, 0.1) is 5.92 Å². The molecule has 1 heterocycles. The van der Waals surface area contributed by atoms with Crippen molar-refractivity contribution in [2.45, 2.75) is 45.1 Å². The van der Waals surface area contributed by atoms with E-state index in [9.17, 15) is 18.3 Å². The third-order valence-corrected chi connectivity index (χ3v) is 8.77. The number of amides is 1. The molecule has 0 fully saturated rings. The summed E-state index contributed by atoms with van der Waals surface area (Å²) in [5.74, 6) is -0.340. The van der Waals surface area contributed by atoms with Gasteiger partial charge >= 0.3 is 0 Å². The molecule has 0 aliphatic heterocycles. The summed E-state index contributed by atoms with van der Waals surface area (Å²) in [5, 5.41) is 12.7. The lowest BCUT2D eigenvalue weighted by molar-refractivity contribution is -0.117. The van der Waals surface area contributed by atoms with Gasteiger partial charge in [0.1, 0.15) is 0 Å². The molecule has 0 spiro atoms. The maximum absolute atomic E-state index is 12.4. The first-order valence-corrected chi connectivity index (χ1v) is 13.3. The number of primary amides is 1. The number of anilines is 1. The minimum atomic E-state index is -3.73. The van der Waals surface area contributed by atoms with Crippen molar-refractivity contribution in [3.8, 4) is 11.1 Å². The van der Waals surface area contributed by atoms with E-state index in [1.807, 2.05) is 32.0 Å². The van der Waals surface area contributed by atoms with Gasteiger partial charge in [0.05, 0.1) is 28.2 Å². The Morgan fingerprint density at radius 1 is 1.31 bits per heavy atom. The second-order valence-corrected chi connectivity index (χ2v) is 11.9. The summed E-state index contributed by atoms with van der Waals surface area (Å²) < 4.78 is 25.9. The Labute approximate surface area is 210 Å². The third kappa shape index (κ3) is 4.58. The van der Waals surface area contributed by atoms with Crippen LogP contribution in [0.1, 0.15) is 37.1 Å². The standard InChI is InChI=1S/C26H30ClN3O4S/c1-5-35(33,34)30(4)21-8-6-7-18(24(21)27)17-11-9-15(13-22(28)31)25-23(17)19-12-10-16(26(2,3)32)14-20(19)29-25/h5-9,11,16,29,32H,1,10,12-14H2,2-4H3,(H2,28,31). The van der Waals surface area contributed by atoms with Crippen molar-refractivity contribution in [1.82, 2.24) is 4.98 Å². The van der Waals surface area contributed by atoms with E-state index >= 15 is 0 Å². The van der Waals surface area contributed by atoms with Crippen LogP contribution in [0.15, 0.2) is 42.3 Å². The Balaban J connectivity index is 1.95. The van der Waals surface area contributed by atoms with Gasteiger partial charge in [-0.3, -0.25) is 9.10 Å². The molecule has 0 saturated heterocycles. The van der Waals surface area contributed by atoms with Gasteiger partial charge in [0.25, 0.3) is 10.0 Å². The number of carbonyl (C=O) groups excluding carboxylic acids is 1. The lowest BCUT2D eigenvalue weighted by Gasteiger charge is -2.32. The highest BCUT2D eigenvalue weighted by Gasteiger charge is 2.33. The molecule has 1 aliphatic carbocycles. The summed E-state index contributed by atoms with van der Waals surface area (Å²) >= 11 is 6.80. The minimum Gasteiger partial charge on any atom is -0.390 e. The van der Waals surface area contributed by atoms with Crippen molar-refractivity contribution in [3.05, 3.63) is 64.2 Å². The monoisotopic (exact) mass is 515 g/mol. The second-order valence-electron chi connectivity index (χ2n) is 9.66. The minimum absolute atomic E-state index is 0.0825. The lowest BCUT2D eigenvalue weighted by Crippen LogP contribution is -2.34. The van der Waals surface area contributed by atoms with Gasteiger partial charge in [-0.2, -0.15) is 0 Å². The Morgan fingerprint density at radius 3 is 2.66 bits per heavy atom. The topological polar surface area (TPSA) is 116 Å². The molecule has 35 heavy (non-hydrogen) atoms. The molecule has 1 atom stereocenters. The van der Waals surface area contributed by atoms with Crippen LogP contribution in [0.4, 0.5) is 5.69 Å². The quantitative estimate of drug-likeness (QED) is 0.435. The number of rotatable bonds is 7. The Morgan fingerprint density at radius 2 is 2.03 bits per heavy atom. The number of nitrogens with one attached hydrogen (secondary N) is 1. The lowest BCUT2D eigenvalue weighted by atomic mass is 9.77. The summed E-state index contributed by atoms with van der Waals surface area (Å²) in [6, 6.07) is 9.02. The molecule has 4 N–H and O–H groups in total. The SMILES string of the molecule is C=CS(=O)(=O)N(C)c1cccc(-c2ccc(CC(N)=O)c3[nH]c4c(c23)CCC(C(C)(C)O)C4)c1Cl. The fourth-order valence-electron chi connectivity index (χ4n) is 4.98. The van der Waals surface area contributed by atoms with E-state index in [1.165, 1.54) is 7.05 Å². The predicted molar refractivity (Wildman–Crippen MR) is 141 cm³/mol. The van der Waals surface area contributed by atoms with Gasteiger partial charge in [-0.25, -0.2) is 8.42 Å². The predicted octanol–water partition coefficient (Wildman–Crippen LogP) is 4.30. The second kappa shape index (κ2) is 9.00. The molecule has 2 aromatic carbocycles. The summed E-state index contributed by atoms with van der Waals surface area (Å²) in [6.45, 7) is 7.05. The number of nitrogens with two attached hydrogens (primary N) is 1. The number of fused-ring (bicyclic) bond motifs is 3. The van der Waals surface area contributed by atoms with Crippen LogP contribution < -0.4 is 10.0 Å². The van der Waals surface area contributed by atoms with E-state index in [0.717, 1.165) is 55.8 Å². The molecule has 1 aliphatic rings. The highest BCUT2D eigenvalue weighted by Crippen LogP contribution is 2.44. The van der Waals surface area contributed by atoms with Crippen LogP contribution in [0.3, 0.4) is 0 Å². The first-order chi connectivity index (χ1) is 16.3. The first kappa shape index (κ1) is 25.3. The van der Waals surface area contributed by atoms with Crippen LogP contribution in [0.25, 0.3) is 22.0 Å². The number of carbonyl (C=O) groups is 1. The number of hydrogen-bond donors (Lipinski definition) is 3. The number of benzene rings is 2. The number of aromatic nitrogens is 1.